The summed E-state index contributed by atoms with van der Waals surface area (Å²) in [4.78, 5) is 15.8. The van der Waals surface area contributed by atoms with Crippen LogP contribution in [-0.2, 0) is 14.3 Å². The Morgan fingerprint density at radius 3 is 2.90 bits per heavy atom. The van der Waals surface area contributed by atoms with Gasteiger partial charge in [-0.15, -0.1) is 6.58 Å². The van der Waals surface area contributed by atoms with Crippen LogP contribution >= 0.6 is 11.8 Å². The molecule has 0 aliphatic carbocycles. The zero-order valence-corrected chi connectivity index (χ0v) is 13.2. The van der Waals surface area contributed by atoms with E-state index in [-0.39, 0.29) is 23.6 Å². The van der Waals surface area contributed by atoms with E-state index < -0.39 is 0 Å². The van der Waals surface area contributed by atoms with Crippen LogP contribution in [0.4, 0.5) is 0 Å². The van der Waals surface area contributed by atoms with Crippen molar-refractivity contribution in [2.45, 2.75) is 51.2 Å². The molecule has 5 atom stereocenters. The molecule has 0 aromatic rings. The molecule has 5 heteroatoms. The minimum absolute atomic E-state index is 0.0309. The van der Waals surface area contributed by atoms with Gasteiger partial charge in [0.05, 0.1) is 17.2 Å². The summed E-state index contributed by atoms with van der Waals surface area (Å²) in [6, 6.07) is 0.225. The summed E-state index contributed by atoms with van der Waals surface area (Å²) in [7, 11) is 0. The van der Waals surface area contributed by atoms with Crippen molar-refractivity contribution in [1.29, 1.82) is 0 Å². The Morgan fingerprint density at radius 2 is 2.25 bits per heavy atom. The first kappa shape index (κ1) is 15.6. The second kappa shape index (κ2) is 6.76. The van der Waals surface area contributed by atoms with Crippen molar-refractivity contribution >= 4 is 22.8 Å². The molecule has 0 aromatic heterocycles. The van der Waals surface area contributed by atoms with E-state index in [1.54, 1.807) is 11.8 Å². The molecule has 2 aliphatic heterocycles. The van der Waals surface area contributed by atoms with Gasteiger partial charge < -0.3 is 9.47 Å². The predicted molar refractivity (Wildman–Crippen MR) is 81.9 cm³/mol. The van der Waals surface area contributed by atoms with Gasteiger partial charge in [-0.2, -0.15) is 0 Å². The van der Waals surface area contributed by atoms with Crippen molar-refractivity contribution in [3.05, 3.63) is 12.7 Å². The molecule has 20 heavy (non-hydrogen) atoms. The highest BCUT2D eigenvalue weighted by Gasteiger charge is 2.45. The number of carbonyl (C=O) groups is 1. The Balaban J connectivity index is 1.97. The molecule has 2 heterocycles. The highest BCUT2D eigenvalue weighted by molar-refractivity contribution is 8.14. The molecule has 0 aromatic carbocycles. The van der Waals surface area contributed by atoms with Crippen LogP contribution in [0.1, 0.15) is 33.6 Å². The Morgan fingerprint density at radius 1 is 1.50 bits per heavy atom. The van der Waals surface area contributed by atoms with Crippen molar-refractivity contribution in [3.63, 3.8) is 0 Å². The molecule has 0 spiro atoms. The van der Waals surface area contributed by atoms with Crippen molar-refractivity contribution in [2.24, 2.45) is 16.8 Å². The van der Waals surface area contributed by atoms with E-state index in [2.05, 4.69) is 20.4 Å². The van der Waals surface area contributed by atoms with E-state index in [0.717, 1.165) is 17.9 Å². The first-order valence-corrected chi connectivity index (χ1v) is 8.04. The van der Waals surface area contributed by atoms with Crippen molar-refractivity contribution < 1.29 is 14.3 Å². The SMILES string of the molecule is C=CCCC1=N[C@@H]2[C@@H](C)[C@H](C)[C@@H](COC(C)=O)O[C@@H]2S1. The maximum Gasteiger partial charge on any atom is 0.302 e. The van der Waals surface area contributed by atoms with Crippen molar-refractivity contribution in [2.75, 3.05) is 6.61 Å². The quantitative estimate of drug-likeness (QED) is 0.578. The third-order valence-corrected chi connectivity index (χ3v) is 5.30. The van der Waals surface area contributed by atoms with E-state index in [1.165, 1.54) is 6.92 Å². The van der Waals surface area contributed by atoms with E-state index in [1.807, 2.05) is 6.08 Å². The average molecular weight is 297 g/mol. The maximum absolute atomic E-state index is 11.0. The summed E-state index contributed by atoms with van der Waals surface area (Å²) in [6.45, 7) is 9.88. The van der Waals surface area contributed by atoms with Crippen LogP contribution in [0.15, 0.2) is 17.6 Å². The molecule has 0 radical (unpaired) electrons. The number of nitrogens with zero attached hydrogens (tertiary/aromatic N) is 1. The van der Waals surface area contributed by atoms with E-state index >= 15 is 0 Å². The third kappa shape index (κ3) is 3.44. The standard InChI is InChI=1S/C15H23NO3S/c1-5-6-7-13-16-14-10(3)9(2)12(8-18-11(4)17)19-15(14)20-13/h5,9-10,12,14-15H,1,6-8H2,2-4H3/t9-,10-,12+,14+,15+/m0/s1. The average Bonchev–Trinajstić information content (AvgIpc) is 2.82. The first-order valence-electron chi connectivity index (χ1n) is 7.16. The zero-order chi connectivity index (χ0) is 14.7. The normalized spacial score (nSPS) is 36.1. The Labute approximate surface area is 125 Å². The molecule has 4 nitrogen and oxygen atoms in total. The molecule has 0 saturated carbocycles. The summed E-state index contributed by atoms with van der Waals surface area (Å²) < 4.78 is 11.2. The van der Waals surface area contributed by atoms with Gasteiger partial charge in [0, 0.05) is 6.92 Å². The number of ether oxygens (including phenoxy) is 2. The minimum atomic E-state index is -0.252. The third-order valence-electron chi connectivity index (χ3n) is 4.10. The molecule has 1 fully saturated rings. The lowest BCUT2D eigenvalue weighted by Crippen LogP contribution is -2.47. The summed E-state index contributed by atoms with van der Waals surface area (Å²) in [5.74, 6) is 0.513. The highest BCUT2D eigenvalue weighted by atomic mass is 32.2. The lowest BCUT2D eigenvalue weighted by atomic mass is 9.83. The minimum Gasteiger partial charge on any atom is -0.463 e. The fraction of sp³-hybridized carbons (Fsp3) is 0.733. The topological polar surface area (TPSA) is 47.9 Å². The molecule has 0 unspecified atom stereocenters. The van der Waals surface area contributed by atoms with Crippen LogP contribution in [0.2, 0.25) is 0 Å². The molecule has 0 N–H and O–H groups in total. The van der Waals surface area contributed by atoms with Gasteiger partial charge in [0.15, 0.2) is 0 Å². The van der Waals surface area contributed by atoms with Crippen LogP contribution in [0.5, 0.6) is 0 Å². The van der Waals surface area contributed by atoms with E-state index in [0.29, 0.717) is 18.4 Å². The van der Waals surface area contributed by atoms with Crippen molar-refractivity contribution in [3.8, 4) is 0 Å². The van der Waals surface area contributed by atoms with Gasteiger partial charge in [0.1, 0.15) is 12.0 Å². The monoisotopic (exact) mass is 297 g/mol. The Kier molecular flexibility index (Phi) is 5.27. The molecular weight excluding hydrogens is 274 g/mol. The number of esters is 1. The fourth-order valence-electron chi connectivity index (χ4n) is 2.62. The molecular formula is C15H23NO3S. The number of allylic oxidation sites excluding steroid dienone is 1. The van der Waals surface area contributed by atoms with E-state index in [4.69, 9.17) is 14.5 Å². The largest absolute Gasteiger partial charge is 0.463 e. The van der Waals surface area contributed by atoms with Gasteiger partial charge in [-0.3, -0.25) is 9.79 Å². The number of hydrogen-bond donors (Lipinski definition) is 0. The van der Waals surface area contributed by atoms with Crippen LogP contribution in [0.3, 0.4) is 0 Å². The number of aliphatic imine (C=N–C) groups is 1. The Bertz CT molecular complexity index is 410. The second-order valence-electron chi connectivity index (χ2n) is 5.52. The van der Waals surface area contributed by atoms with Gasteiger partial charge >= 0.3 is 5.97 Å². The highest BCUT2D eigenvalue weighted by Crippen LogP contribution is 2.42. The number of fused-ring (bicyclic) bond motifs is 1. The fourth-order valence-corrected chi connectivity index (χ4v) is 3.95. The van der Waals surface area contributed by atoms with Gasteiger partial charge in [-0.05, 0) is 24.7 Å². The summed E-state index contributed by atoms with van der Waals surface area (Å²) in [5.41, 5.74) is 0.0709. The van der Waals surface area contributed by atoms with Crippen molar-refractivity contribution in [1.82, 2.24) is 0 Å². The molecule has 2 aliphatic rings. The maximum atomic E-state index is 11.0. The predicted octanol–water partition coefficient (Wildman–Crippen LogP) is 3.03. The summed E-state index contributed by atoms with van der Waals surface area (Å²) >= 11 is 1.72. The molecule has 0 amide bonds. The van der Waals surface area contributed by atoms with E-state index in [9.17, 15) is 4.79 Å². The molecule has 2 rings (SSSR count). The number of rotatable bonds is 5. The molecule has 1 saturated heterocycles. The number of carbonyl (C=O) groups excluding carboxylic acids is 1. The molecule has 0 bridgehead atoms. The van der Waals surface area contributed by atoms with Gasteiger partial charge in [0.2, 0.25) is 0 Å². The first-order chi connectivity index (χ1) is 9.52. The van der Waals surface area contributed by atoms with Crippen LogP contribution in [0.25, 0.3) is 0 Å². The van der Waals surface area contributed by atoms with Gasteiger partial charge in [0.25, 0.3) is 0 Å². The van der Waals surface area contributed by atoms with Crippen LogP contribution in [0, 0.1) is 11.8 Å². The lowest BCUT2D eigenvalue weighted by Gasteiger charge is -2.40. The molecule has 112 valence electrons. The summed E-state index contributed by atoms with van der Waals surface area (Å²) in [6.07, 6.45) is 3.78. The Hall–Kier alpha value is -0.810. The zero-order valence-electron chi connectivity index (χ0n) is 12.4. The number of thioether (sulfide) groups is 1. The van der Waals surface area contributed by atoms with Gasteiger partial charge in [-0.1, -0.05) is 31.7 Å². The smallest absolute Gasteiger partial charge is 0.302 e. The summed E-state index contributed by atoms with van der Waals surface area (Å²) in [5, 5.41) is 1.16. The lowest BCUT2D eigenvalue weighted by molar-refractivity contribution is -0.152. The number of hydrogen-bond acceptors (Lipinski definition) is 5. The van der Waals surface area contributed by atoms with Crippen LogP contribution in [-0.4, -0.2) is 35.2 Å². The van der Waals surface area contributed by atoms with Gasteiger partial charge in [-0.25, -0.2) is 0 Å². The second-order valence-corrected chi connectivity index (χ2v) is 6.69. The van der Waals surface area contributed by atoms with Crippen LogP contribution < -0.4 is 0 Å².